The van der Waals surface area contributed by atoms with Gasteiger partial charge in [-0.1, -0.05) is 44.2 Å². The molecular weight excluding hydrogens is 232 g/mol. The van der Waals surface area contributed by atoms with Gasteiger partial charge in [-0.25, -0.2) is 0 Å². The first-order valence-corrected chi connectivity index (χ1v) is 6.87. The molecule has 0 bridgehead atoms. The van der Waals surface area contributed by atoms with E-state index in [0.29, 0.717) is 5.92 Å². The van der Waals surface area contributed by atoms with Crippen molar-refractivity contribution >= 4 is 0 Å². The number of aromatic nitrogens is 1. The Morgan fingerprint density at radius 2 is 1.95 bits per heavy atom. The van der Waals surface area contributed by atoms with Crippen LogP contribution in [0.2, 0.25) is 0 Å². The van der Waals surface area contributed by atoms with E-state index in [1.165, 1.54) is 11.1 Å². The molecule has 0 aliphatic rings. The van der Waals surface area contributed by atoms with Crippen molar-refractivity contribution < 1.29 is 0 Å². The van der Waals surface area contributed by atoms with Gasteiger partial charge < -0.3 is 5.32 Å². The highest BCUT2D eigenvalue weighted by molar-refractivity contribution is 5.31. The fourth-order valence-corrected chi connectivity index (χ4v) is 2.40. The Kier molecular flexibility index (Phi) is 4.69. The molecule has 0 amide bonds. The van der Waals surface area contributed by atoms with Crippen LogP contribution in [0.25, 0.3) is 0 Å². The van der Waals surface area contributed by atoms with E-state index in [1.807, 2.05) is 25.4 Å². The van der Waals surface area contributed by atoms with Gasteiger partial charge in [-0.3, -0.25) is 4.98 Å². The normalized spacial score (nSPS) is 12.6. The first-order valence-electron chi connectivity index (χ1n) is 6.87. The van der Waals surface area contributed by atoms with E-state index in [9.17, 15) is 0 Å². The van der Waals surface area contributed by atoms with Gasteiger partial charge >= 0.3 is 0 Å². The molecule has 1 aromatic heterocycles. The van der Waals surface area contributed by atoms with Crippen molar-refractivity contribution in [3.8, 4) is 0 Å². The lowest BCUT2D eigenvalue weighted by Crippen LogP contribution is -2.19. The van der Waals surface area contributed by atoms with Crippen molar-refractivity contribution in [1.82, 2.24) is 10.3 Å². The van der Waals surface area contributed by atoms with Crippen molar-refractivity contribution in [1.29, 1.82) is 0 Å². The van der Waals surface area contributed by atoms with Gasteiger partial charge in [-0.05, 0) is 42.6 Å². The van der Waals surface area contributed by atoms with Crippen LogP contribution in [-0.2, 0) is 6.42 Å². The number of rotatable bonds is 5. The van der Waals surface area contributed by atoms with Crippen molar-refractivity contribution in [3.05, 3.63) is 65.5 Å². The summed E-state index contributed by atoms with van der Waals surface area (Å²) in [4.78, 5) is 4.45. The molecule has 0 saturated heterocycles. The van der Waals surface area contributed by atoms with Crippen LogP contribution in [0.4, 0.5) is 0 Å². The Morgan fingerprint density at radius 1 is 1.11 bits per heavy atom. The number of hydrogen-bond donors (Lipinski definition) is 1. The second-order valence-electron chi connectivity index (χ2n) is 5.32. The predicted octanol–water partition coefficient (Wildman–Crippen LogP) is 3.59. The van der Waals surface area contributed by atoms with Crippen LogP contribution >= 0.6 is 0 Å². The molecule has 2 rings (SSSR count). The monoisotopic (exact) mass is 254 g/mol. The summed E-state index contributed by atoms with van der Waals surface area (Å²) in [6.07, 6.45) is 2.96. The smallest absolute Gasteiger partial charge is 0.0749 e. The molecule has 2 nitrogen and oxygen atoms in total. The summed E-state index contributed by atoms with van der Waals surface area (Å²) in [5.41, 5.74) is 3.73. The number of benzene rings is 1. The Bertz CT molecular complexity index is 506. The SMILES string of the molecule is CNC(c1cccc(CC(C)C)c1)c1ccccn1. The number of nitrogens with zero attached hydrogens (tertiary/aromatic N) is 1. The fourth-order valence-electron chi connectivity index (χ4n) is 2.40. The van der Waals surface area contributed by atoms with Crippen molar-refractivity contribution in [2.24, 2.45) is 5.92 Å². The summed E-state index contributed by atoms with van der Waals surface area (Å²) in [6.45, 7) is 4.50. The maximum atomic E-state index is 4.45. The van der Waals surface area contributed by atoms with Crippen LogP contribution in [0.15, 0.2) is 48.7 Å². The van der Waals surface area contributed by atoms with E-state index in [4.69, 9.17) is 0 Å². The third-order valence-electron chi connectivity index (χ3n) is 3.20. The zero-order valence-electron chi connectivity index (χ0n) is 11.9. The van der Waals surface area contributed by atoms with Crippen molar-refractivity contribution in [2.75, 3.05) is 7.05 Å². The summed E-state index contributed by atoms with van der Waals surface area (Å²) in [5.74, 6) is 0.679. The zero-order valence-corrected chi connectivity index (χ0v) is 11.9. The van der Waals surface area contributed by atoms with Gasteiger partial charge in [-0.15, -0.1) is 0 Å². The van der Waals surface area contributed by atoms with E-state index >= 15 is 0 Å². The van der Waals surface area contributed by atoms with Crippen LogP contribution < -0.4 is 5.32 Å². The molecule has 2 aromatic rings. The van der Waals surface area contributed by atoms with E-state index in [2.05, 4.69) is 54.5 Å². The molecule has 19 heavy (non-hydrogen) atoms. The quantitative estimate of drug-likeness (QED) is 0.882. The number of hydrogen-bond acceptors (Lipinski definition) is 2. The van der Waals surface area contributed by atoms with Crippen LogP contribution in [0, 0.1) is 5.92 Å². The Labute approximate surface area is 115 Å². The Balaban J connectivity index is 2.28. The molecule has 0 spiro atoms. The van der Waals surface area contributed by atoms with Gasteiger partial charge in [0.05, 0.1) is 11.7 Å². The maximum Gasteiger partial charge on any atom is 0.0749 e. The molecule has 0 saturated carbocycles. The molecule has 0 aliphatic carbocycles. The molecule has 0 fully saturated rings. The molecule has 1 N–H and O–H groups in total. The lowest BCUT2D eigenvalue weighted by molar-refractivity contribution is 0.640. The fraction of sp³-hybridized carbons (Fsp3) is 0.353. The molecule has 1 unspecified atom stereocenters. The Morgan fingerprint density at radius 3 is 2.58 bits per heavy atom. The molecule has 1 atom stereocenters. The van der Waals surface area contributed by atoms with Crippen LogP contribution in [0.3, 0.4) is 0 Å². The molecule has 0 aliphatic heterocycles. The van der Waals surface area contributed by atoms with Gasteiger partial charge in [0.15, 0.2) is 0 Å². The zero-order chi connectivity index (χ0) is 13.7. The number of nitrogens with one attached hydrogen (secondary N) is 1. The topological polar surface area (TPSA) is 24.9 Å². The highest BCUT2D eigenvalue weighted by atomic mass is 14.9. The maximum absolute atomic E-state index is 4.45. The van der Waals surface area contributed by atoms with E-state index < -0.39 is 0 Å². The standard InChI is InChI=1S/C17H22N2/c1-13(2)11-14-7-6-8-15(12-14)17(18-3)16-9-4-5-10-19-16/h4-10,12-13,17-18H,11H2,1-3H3. The van der Waals surface area contributed by atoms with Crippen LogP contribution in [0.5, 0.6) is 0 Å². The third-order valence-corrected chi connectivity index (χ3v) is 3.20. The molecule has 1 aromatic carbocycles. The summed E-state index contributed by atoms with van der Waals surface area (Å²) in [5, 5.41) is 3.35. The minimum absolute atomic E-state index is 0.160. The third kappa shape index (κ3) is 3.65. The van der Waals surface area contributed by atoms with E-state index in [-0.39, 0.29) is 6.04 Å². The summed E-state index contributed by atoms with van der Waals surface area (Å²) >= 11 is 0. The average Bonchev–Trinajstić information content (AvgIpc) is 2.40. The number of pyridine rings is 1. The Hall–Kier alpha value is -1.67. The minimum Gasteiger partial charge on any atom is -0.308 e. The molecule has 1 heterocycles. The minimum atomic E-state index is 0.160. The van der Waals surface area contributed by atoms with Crippen molar-refractivity contribution in [2.45, 2.75) is 26.3 Å². The van der Waals surface area contributed by atoms with Gasteiger partial charge in [0, 0.05) is 6.20 Å². The molecule has 0 radical (unpaired) electrons. The van der Waals surface area contributed by atoms with E-state index in [0.717, 1.165) is 12.1 Å². The summed E-state index contributed by atoms with van der Waals surface area (Å²) < 4.78 is 0. The second kappa shape index (κ2) is 6.48. The largest absolute Gasteiger partial charge is 0.308 e. The summed E-state index contributed by atoms with van der Waals surface area (Å²) in [6, 6.07) is 15.0. The van der Waals surface area contributed by atoms with Crippen LogP contribution in [0.1, 0.15) is 36.7 Å². The highest BCUT2D eigenvalue weighted by Crippen LogP contribution is 2.21. The highest BCUT2D eigenvalue weighted by Gasteiger charge is 2.13. The average molecular weight is 254 g/mol. The van der Waals surface area contributed by atoms with E-state index in [1.54, 1.807) is 0 Å². The van der Waals surface area contributed by atoms with Crippen molar-refractivity contribution in [3.63, 3.8) is 0 Å². The predicted molar refractivity (Wildman–Crippen MR) is 80.1 cm³/mol. The lowest BCUT2D eigenvalue weighted by Gasteiger charge is -2.17. The second-order valence-corrected chi connectivity index (χ2v) is 5.32. The molecular formula is C17H22N2. The van der Waals surface area contributed by atoms with Gasteiger partial charge in [-0.2, -0.15) is 0 Å². The first-order chi connectivity index (χ1) is 9.20. The molecule has 100 valence electrons. The summed E-state index contributed by atoms with van der Waals surface area (Å²) in [7, 11) is 1.98. The first kappa shape index (κ1) is 13.8. The van der Waals surface area contributed by atoms with Gasteiger partial charge in [0.2, 0.25) is 0 Å². The van der Waals surface area contributed by atoms with Gasteiger partial charge in [0.1, 0.15) is 0 Å². The van der Waals surface area contributed by atoms with Crippen LogP contribution in [-0.4, -0.2) is 12.0 Å². The lowest BCUT2D eigenvalue weighted by atomic mass is 9.97. The molecule has 2 heteroatoms. The van der Waals surface area contributed by atoms with Gasteiger partial charge in [0.25, 0.3) is 0 Å².